The molecule has 0 aromatic rings. The van der Waals surface area contributed by atoms with E-state index in [1.165, 1.54) is 0 Å². The number of fused-ring (bicyclic) bond motifs is 8. The van der Waals surface area contributed by atoms with Gasteiger partial charge in [-0.15, -0.1) is 0 Å². The van der Waals surface area contributed by atoms with Crippen LogP contribution in [-0.2, 0) is 47.4 Å². The molecular formula is C40H59NO11. The van der Waals surface area contributed by atoms with Crippen molar-refractivity contribution in [2.24, 2.45) is 17.6 Å². The second-order valence-electron chi connectivity index (χ2n) is 17.5. The van der Waals surface area contributed by atoms with E-state index in [2.05, 4.69) is 20.1 Å². The minimum absolute atomic E-state index is 0.00835. The summed E-state index contributed by atoms with van der Waals surface area (Å²) in [6.07, 6.45) is 4.55. The number of aliphatic hydroxyl groups excluding tert-OH is 1. The molecule has 10 bridgehead atoms. The van der Waals surface area contributed by atoms with Crippen LogP contribution < -0.4 is 5.73 Å². The van der Waals surface area contributed by atoms with Gasteiger partial charge in [0.15, 0.2) is 0 Å². The fraction of sp³-hybridized carbons (Fsp3) is 0.875. The monoisotopic (exact) mass is 729 g/mol. The first kappa shape index (κ1) is 36.4. The minimum atomic E-state index is -0.728. The van der Waals surface area contributed by atoms with Gasteiger partial charge in [-0.3, -0.25) is 4.79 Å². The number of aliphatic hydroxyl groups is 1. The summed E-state index contributed by atoms with van der Waals surface area (Å²) in [5.41, 5.74) is 7.49. The van der Waals surface area contributed by atoms with Crippen LogP contribution in [0.25, 0.3) is 0 Å². The van der Waals surface area contributed by atoms with Crippen LogP contribution in [0.15, 0.2) is 24.3 Å². The summed E-state index contributed by atoms with van der Waals surface area (Å²) in [5, 5.41) is 10.5. The van der Waals surface area contributed by atoms with E-state index >= 15 is 0 Å². The van der Waals surface area contributed by atoms with Crippen LogP contribution in [0.4, 0.5) is 0 Å². The van der Waals surface area contributed by atoms with Gasteiger partial charge in [0.25, 0.3) is 0 Å². The van der Waals surface area contributed by atoms with Crippen LogP contribution in [0, 0.1) is 11.8 Å². The summed E-state index contributed by atoms with van der Waals surface area (Å²) in [5.74, 6) is 0.166. The van der Waals surface area contributed by atoms with E-state index < -0.39 is 17.8 Å². The maximum absolute atomic E-state index is 14.0. The molecule has 3 N–H and O–H groups in total. The van der Waals surface area contributed by atoms with Crippen molar-refractivity contribution in [1.29, 1.82) is 0 Å². The van der Waals surface area contributed by atoms with Crippen molar-refractivity contribution in [3.05, 3.63) is 24.3 Å². The first-order chi connectivity index (χ1) is 25.1. The first-order valence-corrected chi connectivity index (χ1v) is 20.1. The van der Waals surface area contributed by atoms with Gasteiger partial charge in [-0.2, -0.15) is 0 Å². The van der Waals surface area contributed by atoms with Gasteiger partial charge in [-0.1, -0.05) is 20.1 Å². The van der Waals surface area contributed by atoms with Crippen molar-refractivity contribution in [1.82, 2.24) is 0 Å². The molecule has 1 spiro atoms. The summed E-state index contributed by atoms with van der Waals surface area (Å²) < 4.78 is 59.6. The molecule has 9 aliphatic heterocycles. The molecule has 9 fully saturated rings. The van der Waals surface area contributed by atoms with Crippen LogP contribution in [0.1, 0.15) is 84.0 Å². The molecule has 0 aromatic heterocycles. The molecule has 12 nitrogen and oxygen atoms in total. The largest absolute Gasteiger partial charge is 0.392 e. The van der Waals surface area contributed by atoms with Crippen LogP contribution in [0.5, 0.6) is 0 Å². The van der Waals surface area contributed by atoms with Crippen molar-refractivity contribution in [3.63, 3.8) is 0 Å². The molecule has 0 unspecified atom stereocenters. The van der Waals surface area contributed by atoms with Crippen molar-refractivity contribution in [2.75, 3.05) is 20.3 Å². The Labute approximate surface area is 307 Å². The molecule has 0 aliphatic carbocycles. The highest BCUT2D eigenvalue weighted by molar-refractivity contribution is 5.79. The first-order valence-electron chi connectivity index (χ1n) is 20.1. The maximum atomic E-state index is 14.0. The van der Waals surface area contributed by atoms with E-state index in [9.17, 15) is 9.90 Å². The van der Waals surface area contributed by atoms with E-state index in [1.807, 2.05) is 0 Å². The van der Waals surface area contributed by atoms with Gasteiger partial charge in [-0.05, 0) is 68.4 Å². The van der Waals surface area contributed by atoms with Gasteiger partial charge in [0.05, 0.1) is 67.6 Å². The second kappa shape index (κ2) is 14.3. The summed E-state index contributed by atoms with van der Waals surface area (Å²) in [7, 11) is 1.66. The number of carbonyl (C=O) groups is 1. The van der Waals surface area contributed by atoms with E-state index in [1.54, 1.807) is 7.11 Å². The summed E-state index contributed by atoms with van der Waals surface area (Å²) in [6.45, 7) is 11.7. The number of ether oxygens (including phenoxy) is 9. The number of methoxy groups -OCH3 is 1. The van der Waals surface area contributed by atoms with Crippen molar-refractivity contribution in [2.45, 2.75) is 187 Å². The highest BCUT2D eigenvalue weighted by Crippen LogP contribution is 2.55. The number of hydrogen-bond acceptors (Lipinski definition) is 12. The molecule has 0 saturated carbocycles. The zero-order chi connectivity index (χ0) is 35.9. The molecule has 0 radical (unpaired) electrons. The summed E-state index contributed by atoms with van der Waals surface area (Å²) in [4.78, 5) is 14.0. The predicted octanol–water partition coefficient (Wildman–Crippen LogP) is 3.09. The molecule has 9 heterocycles. The molecule has 290 valence electrons. The smallest absolute Gasteiger partial charge is 0.135 e. The van der Waals surface area contributed by atoms with Gasteiger partial charge in [0.2, 0.25) is 0 Å². The number of carbonyl (C=O) groups excluding carboxylic acids is 1. The average Bonchev–Trinajstić information content (AvgIpc) is 3.71. The number of Topliss-reactive ketones (excluding diaryl/α,β-unsaturated/α-hetero) is 1. The van der Waals surface area contributed by atoms with Crippen LogP contribution in [-0.4, -0.2) is 134 Å². The zero-order valence-corrected chi connectivity index (χ0v) is 30.8. The normalized spacial score (nSPS) is 52.4. The highest BCUT2D eigenvalue weighted by Gasteiger charge is 2.72. The third-order valence-electron chi connectivity index (χ3n) is 14.1. The lowest BCUT2D eigenvalue weighted by Gasteiger charge is -2.55. The Morgan fingerprint density at radius 1 is 0.846 bits per heavy atom. The molecule has 19 atom stereocenters. The molecule has 0 aromatic carbocycles. The SMILES string of the molecule is C=C1C[C@@H]2CC[C@]34CO[C@@H]5[C@@H]6O[C@H]3[C@H](O4)[C@@H]6O[C@H]3CC[C@H](CC(=O)C[C@@H]4[C@@H](OC)[C@@H](C[C@H](O)CN)O[C@H]4C[C@H]4O[C@@H](CC[C@@H]1O2)C[C@@H](C)C4=C)O[C@H]53. The van der Waals surface area contributed by atoms with Crippen molar-refractivity contribution < 1.29 is 52.5 Å². The summed E-state index contributed by atoms with van der Waals surface area (Å²) >= 11 is 0. The van der Waals surface area contributed by atoms with E-state index in [0.29, 0.717) is 25.9 Å². The Balaban J connectivity index is 0.982. The highest BCUT2D eigenvalue weighted by atomic mass is 16.7. The second-order valence-corrected chi connectivity index (χ2v) is 17.5. The molecular weight excluding hydrogens is 670 g/mol. The van der Waals surface area contributed by atoms with E-state index in [0.717, 1.165) is 62.5 Å². The van der Waals surface area contributed by atoms with Gasteiger partial charge >= 0.3 is 0 Å². The molecule has 52 heavy (non-hydrogen) atoms. The quantitative estimate of drug-likeness (QED) is 0.410. The van der Waals surface area contributed by atoms with Gasteiger partial charge < -0.3 is 53.5 Å². The standard InChI is InChI=1S/C40H59NO11/c1-19-11-24-5-7-28-20(2)12-26(46-28)9-10-40-18-45-35-34-29(50-37-36(35)51-39(40)38(37)52-40)8-6-25(48-34)13-22(42)14-27-31(16-30(47-24)21(19)3)49-32(33(27)44-4)15-23(43)17-41/h19,23-39,43H,2-3,5-18,41H2,1,4H3/t19-,23+,24+,25-,26+,27+,28+,29+,30-,31+,32-,33-,34+,35+,36+,37-,38-,39+,40+/m1/s1. The number of nitrogens with two attached hydrogens (primary N) is 1. The van der Waals surface area contributed by atoms with Gasteiger partial charge in [0.1, 0.15) is 48.0 Å². The van der Waals surface area contributed by atoms with Crippen molar-refractivity contribution >= 4 is 5.78 Å². The zero-order valence-electron chi connectivity index (χ0n) is 30.8. The van der Waals surface area contributed by atoms with Gasteiger partial charge in [0, 0.05) is 45.3 Å². The lowest BCUT2D eigenvalue weighted by Crippen LogP contribution is -2.71. The topological polar surface area (TPSA) is 146 Å². The number of ketones is 1. The number of rotatable bonds is 4. The maximum Gasteiger partial charge on any atom is 0.135 e. The lowest BCUT2D eigenvalue weighted by molar-refractivity contribution is -0.326. The third kappa shape index (κ3) is 6.39. The molecule has 9 rings (SSSR count). The fourth-order valence-corrected chi connectivity index (χ4v) is 11.3. The third-order valence-corrected chi connectivity index (χ3v) is 14.1. The van der Waals surface area contributed by atoms with Crippen LogP contribution in [0.2, 0.25) is 0 Å². The molecule has 9 saturated heterocycles. The lowest BCUT2D eigenvalue weighted by atomic mass is 9.77. The van der Waals surface area contributed by atoms with Crippen molar-refractivity contribution in [3.8, 4) is 0 Å². The average molecular weight is 730 g/mol. The Bertz CT molecular complexity index is 1380. The Morgan fingerprint density at radius 3 is 2.46 bits per heavy atom. The Kier molecular flexibility index (Phi) is 10.0. The van der Waals surface area contributed by atoms with Gasteiger partial charge in [-0.25, -0.2) is 0 Å². The minimum Gasteiger partial charge on any atom is -0.392 e. The van der Waals surface area contributed by atoms with E-state index in [-0.39, 0.29) is 116 Å². The Morgan fingerprint density at radius 2 is 1.63 bits per heavy atom. The van der Waals surface area contributed by atoms with Crippen LogP contribution >= 0.6 is 0 Å². The summed E-state index contributed by atoms with van der Waals surface area (Å²) in [6, 6.07) is 0. The predicted molar refractivity (Wildman–Crippen MR) is 187 cm³/mol. The van der Waals surface area contributed by atoms with E-state index in [4.69, 9.17) is 48.4 Å². The molecule has 12 heteroatoms. The fourth-order valence-electron chi connectivity index (χ4n) is 11.3. The Hall–Kier alpha value is -1.29. The molecule has 9 aliphatic rings. The molecule has 0 amide bonds. The number of hydrogen-bond donors (Lipinski definition) is 2. The van der Waals surface area contributed by atoms with Crippen LogP contribution in [0.3, 0.4) is 0 Å².